The van der Waals surface area contributed by atoms with Crippen molar-refractivity contribution in [2.24, 2.45) is 0 Å². The van der Waals surface area contributed by atoms with E-state index in [2.05, 4.69) is 9.97 Å². The van der Waals surface area contributed by atoms with Gasteiger partial charge in [0, 0.05) is 23.3 Å². The maximum Gasteiger partial charge on any atom is 0.228 e. The Morgan fingerprint density at radius 2 is 2.26 bits per heavy atom. The average molecular weight is 332 g/mol. The first-order valence-electron chi connectivity index (χ1n) is 7.55. The molecule has 0 bridgehead atoms. The first-order chi connectivity index (χ1) is 11.0. The molecule has 0 aliphatic carbocycles. The van der Waals surface area contributed by atoms with E-state index in [0.29, 0.717) is 31.8 Å². The average Bonchev–Trinajstić information content (AvgIpc) is 2.91. The summed E-state index contributed by atoms with van der Waals surface area (Å²) in [6.45, 7) is 5.44. The Hall–Kier alpha value is -1.99. The molecule has 0 spiro atoms. The van der Waals surface area contributed by atoms with Gasteiger partial charge in [-0.25, -0.2) is 4.98 Å². The normalized spacial score (nSPS) is 18.2. The summed E-state index contributed by atoms with van der Waals surface area (Å²) in [6.07, 6.45) is 0.104. The number of nitrogens with zero attached hydrogens (tertiary/aromatic N) is 3. The Morgan fingerprint density at radius 1 is 1.43 bits per heavy atom. The molecule has 3 heterocycles. The number of aryl methyl sites for hydroxylation is 2. The van der Waals surface area contributed by atoms with Crippen LogP contribution in [-0.4, -0.2) is 40.5 Å². The molecule has 2 aromatic rings. The predicted octanol–water partition coefficient (Wildman–Crippen LogP) is 1.88. The first kappa shape index (κ1) is 15.9. The molecule has 7 heteroatoms. The number of ether oxygens (including phenoxy) is 1. The number of amides is 1. The third-order valence-electron chi connectivity index (χ3n) is 3.74. The number of carbonyl (C=O) groups excluding carboxylic acids is 1. The zero-order valence-electron chi connectivity index (χ0n) is 13.3. The lowest BCUT2D eigenvalue weighted by atomic mass is 10.1. The minimum atomic E-state index is -0.230. The molecule has 1 saturated heterocycles. The van der Waals surface area contributed by atoms with Gasteiger partial charge in [0.25, 0.3) is 0 Å². The molecule has 0 saturated carbocycles. The van der Waals surface area contributed by atoms with E-state index >= 15 is 0 Å². The third kappa shape index (κ3) is 3.86. The molecule has 1 fully saturated rings. The van der Waals surface area contributed by atoms with Gasteiger partial charge in [0.1, 0.15) is 6.10 Å². The monoisotopic (exact) mass is 332 g/mol. The highest BCUT2D eigenvalue weighted by Crippen LogP contribution is 2.23. The van der Waals surface area contributed by atoms with Crippen LogP contribution < -0.4 is 5.73 Å². The van der Waals surface area contributed by atoms with E-state index in [4.69, 9.17) is 10.5 Å². The summed E-state index contributed by atoms with van der Waals surface area (Å²) in [7, 11) is 0. The minimum Gasteiger partial charge on any atom is -0.399 e. The van der Waals surface area contributed by atoms with Crippen molar-refractivity contribution in [3.8, 4) is 0 Å². The topological polar surface area (TPSA) is 81.3 Å². The number of anilines is 1. The van der Waals surface area contributed by atoms with Crippen LogP contribution in [0.25, 0.3) is 0 Å². The third-order valence-corrected chi connectivity index (χ3v) is 4.57. The number of carbonyl (C=O) groups is 1. The Balaban J connectivity index is 1.69. The van der Waals surface area contributed by atoms with Crippen molar-refractivity contribution >= 4 is 22.9 Å². The van der Waals surface area contributed by atoms with E-state index in [0.717, 1.165) is 22.1 Å². The van der Waals surface area contributed by atoms with Crippen LogP contribution in [0.1, 0.15) is 28.2 Å². The van der Waals surface area contributed by atoms with Crippen LogP contribution in [-0.2, 0) is 16.0 Å². The summed E-state index contributed by atoms with van der Waals surface area (Å²) in [5.74, 6) is 0.0734. The lowest BCUT2D eigenvalue weighted by Gasteiger charge is -2.32. The van der Waals surface area contributed by atoms with Gasteiger partial charge in [0.05, 0.1) is 36.0 Å². The van der Waals surface area contributed by atoms with E-state index < -0.39 is 0 Å². The van der Waals surface area contributed by atoms with Crippen molar-refractivity contribution in [1.82, 2.24) is 14.9 Å². The highest BCUT2D eigenvalue weighted by molar-refractivity contribution is 7.09. The van der Waals surface area contributed by atoms with Gasteiger partial charge in [-0.05, 0) is 26.0 Å². The van der Waals surface area contributed by atoms with Crippen LogP contribution in [0, 0.1) is 13.8 Å². The van der Waals surface area contributed by atoms with Crippen LogP contribution in [0.2, 0.25) is 0 Å². The molecule has 0 radical (unpaired) electrons. The molecule has 0 aromatic carbocycles. The van der Waals surface area contributed by atoms with Crippen molar-refractivity contribution < 1.29 is 9.53 Å². The van der Waals surface area contributed by atoms with Gasteiger partial charge in [-0.1, -0.05) is 0 Å². The molecule has 122 valence electrons. The fourth-order valence-corrected chi connectivity index (χ4v) is 3.31. The molecule has 1 amide bonds. The van der Waals surface area contributed by atoms with Crippen LogP contribution in [0.3, 0.4) is 0 Å². The van der Waals surface area contributed by atoms with E-state index in [1.165, 1.54) is 0 Å². The summed E-state index contributed by atoms with van der Waals surface area (Å²) in [5, 5.41) is 2.92. The summed E-state index contributed by atoms with van der Waals surface area (Å²) in [5.41, 5.74) is 9.01. The molecule has 2 aromatic heterocycles. The summed E-state index contributed by atoms with van der Waals surface area (Å²) < 4.78 is 5.78. The van der Waals surface area contributed by atoms with Gasteiger partial charge < -0.3 is 15.4 Å². The molecule has 3 rings (SSSR count). The molecule has 0 unspecified atom stereocenters. The Bertz CT molecular complexity index is 696. The van der Waals surface area contributed by atoms with Crippen molar-refractivity contribution in [2.45, 2.75) is 26.4 Å². The number of hydrogen-bond acceptors (Lipinski definition) is 6. The number of thiazole rings is 1. The van der Waals surface area contributed by atoms with E-state index in [-0.39, 0.29) is 12.0 Å². The minimum absolute atomic E-state index is 0.0734. The van der Waals surface area contributed by atoms with Crippen molar-refractivity contribution in [3.05, 3.63) is 39.6 Å². The number of hydrogen-bond donors (Lipinski definition) is 1. The van der Waals surface area contributed by atoms with Gasteiger partial charge in [-0.3, -0.25) is 9.78 Å². The number of rotatable bonds is 3. The number of nitrogen functional groups attached to an aromatic ring is 1. The second-order valence-electron chi connectivity index (χ2n) is 5.70. The molecule has 1 aliphatic heterocycles. The highest BCUT2D eigenvalue weighted by atomic mass is 32.1. The molecule has 2 N–H and O–H groups in total. The predicted molar refractivity (Wildman–Crippen MR) is 89.2 cm³/mol. The second kappa shape index (κ2) is 6.64. The maximum atomic E-state index is 12.5. The van der Waals surface area contributed by atoms with E-state index in [1.54, 1.807) is 11.3 Å². The van der Waals surface area contributed by atoms with Crippen molar-refractivity contribution in [1.29, 1.82) is 0 Å². The van der Waals surface area contributed by atoms with Gasteiger partial charge in [0.15, 0.2) is 0 Å². The number of pyridine rings is 1. The van der Waals surface area contributed by atoms with E-state index in [1.807, 2.05) is 36.3 Å². The summed E-state index contributed by atoms with van der Waals surface area (Å²) in [6, 6.07) is 3.63. The van der Waals surface area contributed by atoms with Crippen LogP contribution in [0.15, 0.2) is 17.5 Å². The fraction of sp³-hybridized carbons (Fsp3) is 0.438. The molecule has 1 aliphatic rings. The SMILES string of the molecule is Cc1cc(N)cc([C@H]2CN(C(=O)Cc3csc(C)n3)CCO2)n1. The molecular weight excluding hydrogens is 312 g/mol. The number of nitrogens with two attached hydrogens (primary N) is 1. The highest BCUT2D eigenvalue weighted by Gasteiger charge is 2.27. The number of morpholine rings is 1. The van der Waals surface area contributed by atoms with Crippen LogP contribution in [0.5, 0.6) is 0 Å². The quantitative estimate of drug-likeness (QED) is 0.928. The second-order valence-corrected chi connectivity index (χ2v) is 6.76. The summed E-state index contributed by atoms with van der Waals surface area (Å²) >= 11 is 1.56. The Labute approximate surface area is 139 Å². The standard InChI is InChI=1S/C16H20N4O2S/c1-10-5-12(17)6-14(18-10)15-8-20(3-4-22-15)16(21)7-13-9-23-11(2)19-13/h5-6,9,15H,3-4,7-8H2,1-2H3,(H2,17,18)/t15-/m1/s1. The summed E-state index contributed by atoms with van der Waals surface area (Å²) in [4.78, 5) is 23.1. The van der Waals surface area contributed by atoms with Gasteiger partial charge in [0.2, 0.25) is 5.91 Å². The van der Waals surface area contributed by atoms with Crippen molar-refractivity contribution in [3.63, 3.8) is 0 Å². The molecular formula is C16H20N4O2S. The smallest absolute Gasteiger partial charge is 0.228 e. The molecule has 6 nitrogen and oxygen atoms in total. The Morgan fingerprint density at radius 3 is 2.96 bits per heavy atom. The van der Waals surface area contributed by atoms with Gasteiger partial charge in [-0.15, -0.1) is 11.3 Å². The lowest BCUT2D eigenvalue weighted by molar-refractivity contribution is -0.138. The van der Waals surface area contributed by atoms with Gasteiger partial charge >= 0.3 is 0 Å². The van der Waals surface area contributed by atoms with Gasteiger partial charge in [-0.2, -0.15) is 0 Å². The zero-order chi connectivity index (χ0) is 16.4. The largest absolute Gasteiger partial charge is 0.399 e. The maximum absolute atomic E-state index is 12.5. The molecule has 23 heavy (non-hydrogen) atoms. The van der Waals surface area contributed by atoms with Crippen LogP contribution in [0.4, 0.5) is 5.69 Å². The fourth-order valence-electron chi connectivity index (χ4n) is 2.70. The van der Waals surface area contributed by atoms with Crippen molar-refractivity contribution in [2.75, 3.05) is 25.4 Å². The first-order valence-corrected chi connectivity index (χ1v) is 8.43. The number of aromatic nitrogens is 2. The Kier molecular flexibility index (Phi) is 4.58. The van der Waals surface area contributed by atoms with Crippen LogP contribution >= 0.6 is 11.3 Å². The molecule has 1 atom stereocenters. The van der Waals surface area contributed by atoms with E-state index in [9.17, 15) is 4.79 Å². The zero-order valence-corrected chi connectivity index (χ0v) is 14.1. The lowest BCUT2D eigenvalue weighted by Crippen LogP contribution is -2.43.